The van der Waals surface area contributed by atoms with E-state index in [1.807, 2.05) is 0 Å². The smallest absolute Gasteiger partial charge is 0.303 e. The van der Waals surface area contributed by atoms with Crippen molar-refractivity contribution in [3.8, 4) is 0 Å². The molecule has 82 valence electrons. The summed E-state index contributed by atoms with van der Waals surface area (Å²) in [6.45, 7) is 1.72. The first kappa shape index (κ1) is 11.6. The standard InChI is InChI=1S/C11H12F2O2/c1-7(5-11(14)15)4-8-2-3-9(12)6-10(8)13/h2-3,6-7H,4-5H2,1H3,(H,14,15). The molecule has 0 aliphatic rings. The third kappa shape index (κ3) is 3.65. The first-order valence-corrected chi connectivity index (χ1v) is 4.64. The van der Waals surface area contributed by atoms with E-state index in [-0.39, 0.29) is 12.3 Å². The SMILES string of the molecule is CC(CC(=O)O)Cc1ccc(F)cc1F. The summed E-state index contributed by atoms with van der Waals surface area (Å²) in [6, 6.07) is 3.33. The number of aliphatic carboxylic acids is 1. The molecule has 1 N–H and O–H groups in total. The first-order chi connectivity index (χ1) is 6.99. The lowest BCUT2D eigenvalue weighted by atomic mass is 9.98. The van der Waals surface area contributed by atoms with Gasteiger partial charge in [0, 0.05) is 12.5 Å². The third-order valence-corrected chi connectivity index (χ3v) is 2.11. The molecule has 0 aliphatic heterocycles. The van der Waals surface area contributed by atoms with E-state index in [1.54, 1.807) is 6.92 Å². The molecule has 1 aromatic carbocycles. The normalized spacial score (nSPS) is 12.5. The van der Waals surface area contributed by atoms with Crippen LogP contribution < -0.4 is 0 Å². The Kier molecular flexibility index (Phi) is 3.77. The van der Waals surface area contributed by atoms with E-state index in [2.05, 4.69) is 0 Å². The third-order valence-electron chi connectivity index (χ3n) is 2.11. The zero-order valence-electron chi connectivity index (χ0n) is 8.34. The lowest BCUT2D eigenvalue weighted by Gasteiger charge is -2.09. The molecule has 0 aromatic heterocycles. The van der Waals surface area contributed by atoms with Crippen LogP contribution in [0.3, 0.4) is 0 Å². The fourth-order valence-electron chi connectivity index (χ4n) is 1.43. The number of carbonyl (C=O) groups is 1. The second-order valence-electron chi connectivity index (χ2n) is 3.64. The van der Waals surface area contributed by atoms with Crippen molar-refractivity contribution in [3.63, 3.8) is 0 Å². The second kappa shape index (κ2) is 4.87. The van der Waals surface area contributed by atoms with Crippen LogP contribution >= 0.6 is 0 Å². The first-order valence-electron chi connectivity index (χ1n) is 4.64. The number of hydrogen-bond acceptors (Lipinski definition) is 1. The van der Waals surface area contributed by atoms with Gasteiger partial charge in [-0.1, -0.05) is 13.0 Å². The summed E-state index contributed by atoms with van der Waals surface area (Å²) in [4.78, 5) is 10.4. The summed E-state index contributed by atoms with van der Waals surface area (Å²) < 4.78 is 25.7. The maximum Gasteiger partial charge on any atom is 0.303 e. The van der Waals surface area contributed by atoms with E-state index in [1.165, 1.54) is 12.1 Å². The van der Waals surface area contributed by atoms with Gasteiger partial charge in [0.25, 0.3) is 0 Å². The van der Waals surface area contributed by atoms with Crippen molar-refractivity contribution in [2.24, 2.45) is 5.92 Å². The monoisotopic (exact) mass is 214 g/mol. The Bertz CT molecular complexity index is 364. The van der Waals surface area contributed by atoms with Gasteiger partial charge in [-0.05, 0) is 24.0 Å². The lowest BCUT2D eigenvalue weighted by Crippen LogP contribution is -2.08. The molecule has 0 spiro atoms. The van der Waals surface area contributed by atoms with E-state index in [0.29, 0.717) is 12.0 Å². The molecule has 1 rings (SSSR count). The number of halogens is 2. The molecule has 0 saturated heterocycles. The largest absolute Gasteiger partial charge is 0.481 e. The summed E-state index contributed by atoms with van der Waals surface area (Å²) in [5, 5.41) is 8.52. The molecular formula is C11H12F2O2. The Morgan fingerprint density at radius 3 is 2.67 bits per heavy atom. The van der Waals surface area contributed by atoms with Crippen molar-refractivity contribution >= 4 is 5.97 Å². The number of carboxylic acid groups (broad SMARTS) is 1. The summed E-state index contributed by atoms with van der Waals surface area (Å²) in [7, 11) is 0. The molecule has 2 nitrogen and oxygen atoms in total. The van der Waals surface area contributed by atoms with Crippen LogP contribution in [0, 0.1) is 17.6 Å². The predicted octanol–water partition coefficient (Wildman–Crippen LogP) is 2.62. The van der Waals surface area contributed by atoms with Gasteiger partial charge in [0.05, 0.1) is 0 Å². The minimum atomic E-state index is -0.912. The van der Waals surface area contributed by atoms with Gasteiger partial charge in [0.15, 0.2) is 0 Å². The Hall–Kier alpha value is -1.45. The fraction of sp³-hybridized carbons (Fsp3) is 0.364. The highest BCUT2D eigenvalue weighted by Gasteiger charge is 2.11. The van der Waals surface area contributed by atoms with E-state index < -0.39 is 17.6 Å². The van der Waals surface area contributed by atoms with Gasteiger partial charge < -0.3 is 5.11 Å². The van der Waals surface area contributed by atoms with Crippen LogP contribution in [0.5, 0.6) is 0 Å². The van der Waals surface area contributed by atoms with Crippen molar-refractivity contribution in [2.45, 2.75) is 19.8 Å². The molecule has 0 fully saturated rings. The Balaban J connectivity index is 2.68. The molecule has 1 unspecified atom stereocenters. The average molecular weight is 214 g/mol. The quantitative estimate of drug-likeness (QED) is 0.836. The lowest BCUT2D eigenvalue weighted by molar-refractivity contribution is -0.137. The molecule has 0 heterocycles. The summed E-state index contributed by atoms with van der Waals surface area (Å²) in [5.74, 6) is -2.32. The number of hydrogen-bond donors (Lipinski definition) is 1. The molecule has 1 atom stereocenters. The van der Waals surface area contributed by atoms with Crippen LogP contribution in [-0.2, 0) is 11.2 Å². The van der Waals surface area contributed by atoms with Gasteiger partial charge >= 0.3 is 5.97 Å². The minimum absolute atomic E-state index is 0.0170. The minimum Gasteiger partial charge on any atom is -0.481 e. The molecule has 0 radical (unpaired) electrons. The van der Waals surface area contributed by atoms with Gasteiger partial charge in [0.2, 0.25) is 0 Å². The van der Waals surface area contributed by atoms with E-state index in [0.717, 1.165) is 6.07 Å². The van der Waals surface area contributed by atoms with Crippen LogP contribution in [0.25, 0.3) is 0 Å². The highest BCUT2D eigenvalue weighted by Crippen LogP contribution is 2.16. The maximum absolute atomic E-state index is 13.2. The number of carboxylic acids is 1. The summed E-state index contributed by atoms with van der Waals surface area (Å²) in [6.07, 6.45) is 0.287. The van der Waals surface area contributed by atoms with Crippen LogP contribution in [0.2, 0.25) is 0 Å². The van der Waals surface area contributed by atoms with Crippen molar-refractivity contribution in [1.82, 2.24) is 0 Å². The predicted molar refractivity (Wildman–Crippen MR) is 51.5 cm³/mol. The van der Waals surface area contributed by atoms with Crippen molar-refractivity contribution < 1.29 is 18.7 Å². The van der Waals surface area contributed by atoms with Gasteiger partial charge in [-0.3, -0.25) is 4.79 Å². The van der Waals surface area contributed by atoms with Gasteiger partial charge in [-0.2, -0.15) is 0 Å². The van der Waals surface area contributed by atoms with Crippen LogP contribution in [-0.4, -0.2) is 11.1 Å². The van der Waals surface area contributed by atoms with E-state index >= 15 is 0 Å². The van der Waals surface area contributed by atoms with Gasteiger partial charge in [-0.25, -0.2) is 8.78 Å². The Morgan fingerprint density at radius 1 is 1.47 bits per heavy atom. The molecule has 15 heavy (non-hydrogen) atoms. The molecule has 4 heteroatoms. The average Bonchev–Trinajstić information content (AvgIpc) is 2.08. The maximum atomic E-state index is 13.2. The molecular weight excluding hydrogens is 202 g/mol. The van der Waals surface area contributed by atoms with Crippen molar-refractivity contribution in [3.05, 3.63) is 35.4 Å². The van der Waals surface area contributed by atoms with E-state index in [4.69, 9.17) is 5.11 Å². The molecule has 1 aromatic rings. The molecule has 0 bridgehead atoms. The zero-order valence-corrected chi connectivity index (χ0v) is 8.34. The van der Waals surface area contributed by atoms with Crippen LogP contribution in [0.1, 0.15) is 18.9 Å². The van der Waals surface area contributed by atoms with Crippen molar-refractivity contribution in [2.75, 3.05) is 0 Å². The Morgan fingerprint density at radius 2 is 2.13 bits per heavy atom. The van der Waals surface area contributed by atoms with Gasteiger partial charge in [0.1, 0.15) is 11.6 Å². The highest BCUT2D eigenvalue weighted by molar-refractivity contribution is 5.67. The number of rotatable bonds is 4. The Labute approximate surface area is 86.5 Å². The summed E-state index contributed by atoms with van der Waals surface area (Å²) in [5.41, 5.74) is 0.352. The van der Waals surface area contributed by atoms with Gasteiger partial charge in [-0.15, -0.1) is 0 Å². The van der Waals surface area contributed by atoms with Crippen LogP contribution in [0.15, 0.2) is 18.2 Å². The zero-order chi connectivity index (χ0) is 11.4. The molecule has 0 aliphatic carbocycles. The number of benzene rings is 1. The topological polar surface area (TPSA) is 37.3 Å². The molecule has 0 saturated carbocycles. The summed E-state index contributed by atoms with van der Waals surface area (Å²) >= 11 is 0. The van der Waals surface area contributed by atoms with E-state index in [9.17, 15) is 13.6 Å². The highest BCUT2D eigenvalue weighted by atomic mass is 19.1. The molecule has 0 amide bonds. The van der Waals surface area contributed by atoms with Crippen molar-refractivity contribution in [1.29, 1.82) is 0 Å². The van der Waals surface area contributed by atoms with Crippen LogP contribution in [0.4, 0.5) is 8.78 Å². The second-order valence-corrected chi connectivity index (χ2v) is 3.64. The fourth-order valence-corrected chi connectivity index (χ4v) is 1.43.